The normalized spacial score (nSPS) is 11.4. The highest BCUT2D eigenvalue weighted by Gasteiger charge is 2.22. The van der Waals surface area contributed by atoms with Crippen LogP contribution in [0.1, 0.15) is 43.7 Å². The van der Waals surface area contributed by atoms with Crippen LogP contribution in [0.3, 0.4) is 0 Å². The van der Waals surface area contributed by atoms with Gasteiger partial charge in [-0.15, -0.1) is 0 Å². The molecule has 1 aromatic rings. The van der Waals surface area contributed by atoms with Gasteiger partial charge in [-0.1, -0.05) is 19.0 Å². The van der Waals surface area contributed by atoms with Crippen molar-refractivity contribution in [2.24, 2.45) is 0 Å². The number of hydrogen-bond acceptors (Lipinski definition) is 4. The molecule has 1 rings (SSSR count). The van der Waals surface area contributed by atoms with Crippen molar-refractivity contribution in [3.63, 3.8) is 0 Å². The van der Waals surface area contributed by atoms with Gasteiger partial charge in [-0.3, -0.25) is 0 Å². The summed E-state index contributed by atoms with van der Waals surface area (Å²) >= 11 is 0. The fraction of sp³-hybridized carbons (Fsp3) is 0.714. The highest BCUT2D eigenvalue weighted by Crippen LogP contribution is 2.13. The van der Waals surface area contributed by atoms with Crippen LogP contribution in [0.15, 0.2) is 4.52 Å². The molecule has 1 aromatic heterocycles. The number of aromatic nitrogens is 1. The first-order valence-corrected chi connectivity index (χ1v) is 7.07. The number of amides is 2. The Labute approximate surface area is 119 Å². The number of aliphatic hydroxyl groups is 1. The van der Waals surface area contributed by atoms with E-state index in [1.807, 2.05) is 27.7 Å². The molecule has 0 aliphatic rings. The SMILES string of the molecule is CCC(O)(CC)CNC(=O)NCCc1c(C)noc1C. The maximum absolute atomic E-state index is 11.6. The molecule has 0 spiro atoms. The highest BCUT2D eigenvalue weighted by atomic mass is 16.5. The molecule has 0 saturated carbocycles. The van der Waals surface area contributed by atoms with Gasteiger partial charge in [0.25, 0.3) is 0 Å². The molecule has 0 aliphatic carbocycles. The van der Waals surface area contributed by atoms with Crippen LogP contribution in [0.2, 0.25) is 0 Å². The Morgan fingerprint density at radius 2 is 1.95 bits per heavy atom. The van der Waals surface area contributed by atoms with E-state index < -0.39 is 5.60 Å². The van der Waals surface area contributed by atoms with Gasteiger partial charge in [0.05, 0.1) is 11.3 Å². The largest absolute Gasteiger partial charge is 0.388 e. The van der Waals surface area contributed by atoms with E-state index in [1.54, 1.807) is 0 Å². The van der Waals surface area contributed by atoms with Gasteiger partial charge in [0.15, 0.2) is 0 Å². The number of hydrogen-bond donors (Lipinski definition) is 3. The van der Waals surface area contributed by atoms with Crippen molar-refractivity contribution >= 4 is 6.03 Å². The predicted molar refractivity (Wildman–Crippen MR) is 76.6 cm³/mol. The number of urea groups is 1. The molecule has 0 bridgehead atoms. The molecular weight excluding hydrogens is 258 g/mol. The van der Waals surface area contributed by atoms with Crippen LogP contribution in [0.5, 0.6) is 0 Å². The Morgan fingerprint density at radius 1 is 1.30 bits per heavy atom. The molecule has 0 aromatic carbocycles. The summed E-state index contributed by atoms with van der Waals surface area (Å²) in [5.74, 6) is 0.788. The lowest BCUT2D eigenvalue weighted by Crippen LogP contribution is -2.46. The monoisotopic (exact) mass is 283 g/mol. The minimum absolute atomic E-state index is 0.261. The summed E-state index contributed by atoms with van der Waals surface area (Å²) in [5, 5.41) is 19.4. The Kier molecular flexibility index (Phi) is 6.01. The molecule has 0 aliphatic heterocycles. The van der Waals surface area contributed by atoms with Gasteiger partial charge in [0.2, 0.25) is 0 Å². The summed E-state index contributed by atoms with van der Waals surface area (Å²) in [7, 11) is 0. The lowest BCUT2D eigenvalue weighted by atomic mass is 9.98. The summed E-state index contributed by atoms with van der Waals surface area (Å²) in [6, 6.07) is -0.267. The van der Waals surface area contributed by atoms with Gasteiger partial charge >= 0.3 is 6.03 Å². The standard InChI is InChI=1S/C14H25N3O3/c1-5-14(19,6-2)9-16-13(18)15-8-7-12-10(3)17-20-11(12)4/h19H,5-9H2,1-4H3,(H2,15,16,18). The van der Waals surface area contributed by atoms with Gasteiger partial charge in [-0.25, -0.2) is 4.79 Å². The molecule has 1 heterocycles. The first-order valence-electron chi connectivity index (χ1n) is 7.07. The molecule has 3 N–H and O–H groups in total. The van der Waals surface area contributed by atoms with Crippen molar-refractivity contribution in [3.05, 3.63) is 17.0 Å². The Morgan fingerprint density at radius 3 is 2.45 bits per heavy atom. The first-order chi connectivity index (χ1) is 9.41. The highest BCUT2D eigenvalue weighted by molar-refractivity contribution is 5.73. The molecule has 0 saturated heterocycles. The van der Waals surface area contributed by atoms with Crippen molar-refractivity contribution in [1.82, 2.24) is 15.8 Å². The van der Waals surface area contributed by atoms with E-state index in [9.17, 15) is 9.90 Å². The molecule has 114 valence electrons. The number of nitrogens with zero attached hydrogens (tertiary/aromatic N) is 1. The zero-order chi connectivity index (χ0) is 15.2. The lowest BCUT2D eigenvalue weighted by molar-refractivity contribution is 0.0349. The fourth-order valence-corrected chi connectivity index (χ4v) is 1.97. The molecule has 2 amide bonds. The molecule has 0 fully saturated rings. The Bertz CT molecular complexity index is 419. The lowest BCUT2D eigenvalue weighted by Gasteiger charge is -2.25. The third-order valence-corrected chi connectivity index (χ3v) is 3.74. The van der Waals surface area contributed by atoms with E-state index in [0.29, 0.717) is 25.8 Å². The van der Waals surface area contributed by atoms with E-state index >= 15 is 0 Å². The van der Waals surface area contributed by atoms with Crippen LogP contribution in [-0.4, -0.2) is 35.0 Å². The second-order valence-corrected chi connectivity index (χ2v) is 5.09. The summed E-state index contributed by atoms with van der Waals surface area (Å²) < 4.78 is 5.06. The summed E-state index contributed by atoms with van der Waals surface area (Å²) in [6.45, 7) is 8.32. The number of carbonyl (C=O) groups excluding carboxylic acids is 1. The minimum atomic E-state index is -0.820. The molecule has 0 atom stereocenters. The van der Waals surface area contributed by atoms with Crippen LogP contribution < -0.4 is 10.6 Å². The zero-order valence-electron chi connectivity index (χ0n) is 12.7. The van der Waals surface area contributed by atoms with Crippen molar-refractivity contribution in [1.29, 1.82) is 0 Å². The molecule has 6 heteroatoms. The van der Waals surface area contributed by atoms with E-state index in [1.165, 1.54) is 0 Å². The second kappa shape index (κ2) is 7.28. The molecule has 0 radical (unpaired) electrons. The van der Waals surface area contributed by atoms with Gasteiger partial charge < -0.3 is 20.3 Å². The quantitative estimate of drug-likeness (QED) is 0.710. The van der Waals surface area contributed by atoms with Gasteiger partial charge in [0, 0.05) is 18.7 Å². The molecule has 6 nitrogen and oxygen atoms in total. The van der Waals surface area contributed by atoms with Crippen molar-refractivity contribution in [2.75, 3.05) is 13.1 Å². The minimum Gasteiger partial charge on any atom is -0.388 e. The summed E-state index contributed by atoms with van der Waals surface area (Å²) in [6.07, 6.45) is 1.91. The van der Waals surface area contributed by atoms with Gasteiger partial charge in [0.1, 0.15) is 5.76 Å². The van der Waals surface area contributed by atoms with E-state index in [0.717, 1.165) is 17.0 Å². The topological polar surface area (TPSA) is 87.4 Å². The van der Waals surface area contributed by atoms with E-state index in [4.69, 9.17) is 4.52 Å². The van der Waals surface area contributed by atoms with E-state index in [2.05, 4.69) is 15.8 Å². The number of aryl methyl sites for hydroxylation is 2. The molecular formula is C14H25N3O3. The van der Waals surface area contributed by atoms with Crippen molar-refractivity contribution in [2.45, 2.75) is 52.6 Å². The molecule has 0 unspecified atom stereocenters. The zero-order valence-corrected chi connectivity index (χ0v) is 12.7. The maximum atomic E-state index is 11.6. The number of rotatable bonds is 7. The Balaban J connectivity index is 2.31. The fourth-order valence-electron chi connectivity index (χ4n) is 1.97. The number of nitrogens with one attached hydrogen (secondary N) is 2. The van der Waals surface area contributed by atoms with Gasteiger partial charge in [-0.05, 0) is 33.1 Å². The van der Waals surface area contributed by atoms with Crippen molar-refractivity contribution < 1.29 is 14.4 Å². The Hall–Kier alpha value is -1.56. The van der Waals surface area contributed by atoms with Crippen LogP contribution >= 0.6 is 0 Å². The maximum Gasteiger partial charge on any atom is 0.314 e. The third-order valence-electron chi connectivity index (χ3n) is 3.74. The second-order valence-electron chi connectivity index (χ2n) is 5.09. The third kappa shape index (κ3) is 4.52. The molecule has 20 heavy (non-hydrogen) atoms. The smallest absolute Gasteiger partial charge is 0.314 e. The van der Waals surface area contributed by atoms with Crippen molar-refractivity contribution in [3.8, 4) is 0 Å². The van der Waals surface area contributed by atoms with E-state index in [-0.39, 0.29) is 12.6 Å². The van der Waals surface area contributed by atoms with Gasteiger partial charge in [-0.2, -0.15) is 0 Å². The van der Waals surface area contributed by atoms with Crippen LogP contribution in [-0.2, 0) is 6.42 Å². The van der Waals surface area contributed by atoms with Crippen LogP contribution in [0.25, 0.3) is 0 Å². The average molecular weight is 283 g/mol. The summed E-state index contributed by atoms with van der Waals surface area (Å²) in [4.78, 5) is 11.6. The number of carbonyl (C=O) groups is 1. The van der Waals surface area contributed by atoms with Crippen LogP contribution in [0.4, 0.5) is 4.79 Å². The predicted octanol–water partition coefficient (Wildman–Crippen LogP) is 1.68. The first kappa shape index (κ1) is 16.5. The summed E-state index contributed by atoms with van der Waals surface area (Å²) in [5.41, 5.74) is 1.07. The average Bonchev–Trinajstić information content (AvgIpc) is 2.76. The van der Waals surface area contributed by atoms with Crippen LogP contribution in [0, 0.1) is 13.8 Å².